The zero-order valence-corrected chi connectivity index (χ0v) is 22.3. The lowest BCUT2D eigenvalue weighted by atomic mass is 9.73. The molecule has 6 nitrogen and oxygen atoms in total. The van der Waals surface area contributed by atoms with Crippen LogP contribution in [0.1, 0.15) is 41.9 Å². The first-order valence-electron chi connectivity index (χ1n) is 12.5. The highest BCUT2D eigenvalue weighted by Crippen LogP contribution is 2.51. The lowest BCUT2D eigenvalue weighted by Crippen LogP contribution is -2.42. The molecule has 2 aliphatic rings. The van der Waals surface area contributed by atoms with Crippen molar-refractivity contribution in [1.82, 2.24) is 0 Å². The molecule has 0 aromatic heterocycles. The van der Waals surface area contributed by atoms with Crippen LogP contribution in [0.2, 0.25) is 5.02 Å². The predicted molar refractivity (Wildman–Crippen MR) is 151 cm³/mol. The number of amidine groups is 1. The second-order valence-electron chi connectivity index (χ2n) is 9.35. The van der Waals surface area contributed by atoms with E-state index in [-0.39, 0.29) is 17.4 Å². The fraction of sp³-hybridized carbons (Fsp3) is 0.226. The Balaban J connectivity index is 1.90. The van der Waals surface area contributed by atoms with Crippen molar-refractivity contribution >= 4 is 34.7 Å². The van der Waals surface area contributed by atoms with Crippen molar-refractivity contribution in [3.8, 4) is 11.5 Å². The molecule has 1 heterocycles. The summed E-state index contributed by atoms with van der Waals surface area (Å²) < 4.78 is 11.4. The molecule has 3 aromatic carbocycles. The van der Waals surface area contributed by atoms with Gasteiger partial charge in [0.25, 0.3) is 0 Å². The minimum Gasteiger partial charge on any atom is -0.507 e. The average molecular weight is 529 g/mol. The number of hydrogen-bond acceptors (Lipinski definition) is 5. The highest BCUT2D eigenvalue weighted by molar-refractivity contribution is 6.32. The molecule has 194 valence electrons. The summed E-state index contributed by atoms with van der Waals surface area (Å²) >= 11 is 6.50. The SMILES string of the molecule is COc1cccc(C2C3=C(CCCC3=O)N(c3cccc(Cl)c3C)C(=N)/C2=C(/O)c2ccccc2)c1OC. The summed E-state index contributed by atoms with van der Waals surface area (Å²) in [4.78, 5) is 15.5. The van der Waals surface area contributed by atoms with Crippen molar-refractivity contribution in [3.05, 3.63) is 105 Å². The standard InChI is InChI=1S/C31H29ClN2O4/c1-18-21(32)13-8-14-22(18)34-23-15-9-16-24(35)27(23)26(20-12-7-17-25(37-2)30(20)38-3)28(31(34)33)29(36)19-10-5-4-6-11-19/h4-8,10-14,17,26,33,36H,9,15-16H2,1-3H3/b29-28+,33-31?. The van der Waals surface area contributed by atoms with Gasteiger partial charge >= 0.3 is 0 Å². The highest BCUT2D eigenvalue weighted by Gasteiger charge is 2.44. The third kappa shape index (κ3) is 4.15. The third-order valence-electron chi connectivity index (χ3n) is 7.28. The number of nitrogens with zero attached hydrogens (tertiary/aromatic N) is 1. The van der Waals surface area contributed by atoms with E-state index in [9.17, 15) is 15.3 Å². The summed E-state index contributed by atoms with van der Waals surface area (Å²) in [6, 6.07) is 20.1. The van der Waals surface area contributed by atoms with Gasteiger partial charge in [0.2, 0.25) is 0 Å². The first kappa shape index (κ1) is 25.6. The summed E-state index contributed by atoms with van der Waals surface area (Å²) in [7, 11) is 3.11. The number of halogens is 1. The van der Waals surface area contributed by atoms with Gasteiger partial charge in [-0.1, -0.05) is 60.1 Å². The first-order valence-corrected chi connectivity index (χ1v) is 12.9. The third-order valence-corrected chi connectivity index (χ3v) is 7.69. The van der Waals surface area contributed by atoms with Crippen LogP contribution in [-0.4, -0.2) is 30.9 Å². The Kier molecular flexibility index (Phi) is 7.00. The Hall–Kier alpha value is -4.03. The van der Waals surface area contributed by atoms with E-state index < -0.39 is 5.92 Å². The van der Waals surface area contributed by atoms with Crippen LogP contribution in [-0.2, 0) is 4.79 Å². The molecule has 0 spiro atoms. The number of hydrogen-bond donors (Lipinski definition) is 2. The van der Waals surface area contributed by atoms with Gasteiger partial charge in [-0.2, -0.15) is 0 Å². The van der Waals surface area contributed by atoms with Gasteiger partial charge in [-0.15, -0.1) is 0 Å². The van der Waals surface area contributed by atoms with Crippen LogP contribution in [0.4, 0.5) is 5.69 Å². The molecule has 1 atom stereocenters. The number of ether oxygens (including phenoxy) is 2. The summed E-state index contributed by atoms with van der Waals surface area (Å²) in [5.74, 6) is 0.237. The number of rotatable bonds is 5. The largest absolute Gasteiger partial charge is 0.507 e. The zero-order chi connectivity index (χ0) is 27.0. The van der Waals surface area contributed by atoms with E-state index in [2.05, 4.69) is 0 Å². The van der Waals surface area contributed by atoms with Crippen molar-refractivity contribution in [2.45, 2.75) is 32.1 Å². The Bertz CT molecular complexity index is 1490. The lowest BCUT2D eigenvalue weighted by Gasteiger charge is -2.42. The van der Waals surface area contributed by atoms with Crippen LogP contribution in [0.5, 0.6) is 11.5 Å². The Morgan fingerprint density at radius 2 is 1.74 bits per heavy atom. The predicted octanol–water partition coefficient (Wildman–Crippen LogP) is 7.22. The second kappa shape index (κ2) is 10.4. The Morgan fingerprint density at radius 3 is 2.45 bits per heavy atom. The second-order valence-corrected chi connectivity index (χ2v) is 9.76. The smallest absolute Gasteiger partial charge is 0.164 e. The molecule has 0 radical (unpaired) electrons. The van der Waals surface area contributed by atoms with Gasteiger partial charge in [-0.3, -0.25) is 15.1 Å². The van der Waals surface area contributed by atoms with Crippen LogP contribution < -0.4 is 14.4 Å². The molecule has 38 heavy (non-hydrogen) atoms. The van der Waals surface area contributed by atoms with Crippen molar-refractivity contribution in [1.29, 1.82) is 5.41 Å². The molecule has 7 heteroatoms. The number of para-hydroxylation sites is 1. The zero-order valence-electron chi connectivity index (χ0n) is 21.5. The number of aliphatic hydroxyl groups excluding tert-OH is 1. The molecular formula is C31H29ClN2O4. The van der Waals surface area contributed by atoms with Gasteiger partial charge in [0.15, 0.2) is 17.3 Å². The number of carbonyl (C=O) groups excluding carboxylic acids is 1. The van der Waals surface area contributed by atoms with Gasteiger partial charge in [-0.25, -0.2) is 0 Å². The monoisotopic (exact) mass is 528 g/mol. The topological polar surface area (TPSA) is 82.9 Å². The average Bonchev–Trinajstić information content (AvgIpc) is 2.94. The number of allylic oxidation sites excluding steroid dienone is 2. The number of anilines is 1. The minimum absolute atomic E-state index is 0.0170. The molecule has 3 aromatic rings. The first-order chi connectivity index (χ1) is 18.4. The number of nitrogens with one attached hydrogen (secondary N) is 1. The van der Waals surface area contributed by atoms with Gasteiger partial charge in [0, 0.05) is 39.4 Å². The van der Waals surface area contributed by atoms with Crippen LogP contribution in [0.3, 0.4) is 0 Å². The molecule has 0 fully saturated rings. The number of carbonyl (C=O) groups is 1. The maximum absolute atomic E-state index is 13.7. The summed E-state index contributed by atoms with van der Waals surface area (Å²) in [5.41, 5.74) is 4.32. The van der Waals surface area contributed by atoms with Gasteiger partial charge < -0.3 is 14.6 Å². The maximum Gasteiger partial charge on any atom is 0.164 e. The summed E-state index contributed by atoms with van der Waals surface area (Å²) in [6.45, 7) is 1.90. The summed E-state index contributed by atoms with van der Waals surface area (Å²) in [5, 5.41) is 21.9. The molecule has 5 rings (SSSR count). The van der Waals surface area contributed by atoms with Crippen molar-refractivity contribution in [3.63, 3.8) is 0 Å². The van der Waals surface area contributed by atoms with Crippen molar-refractivity contribution < 1.29 is 19.4 Å². The van der Waals surface area contributed by atoms with E-state index in [4.69, 9.17) is 21.1 Å². The minimum atomic E-state index is -0.730. The fourth-order valence-electron chi connectivity index (χ4n) is 5.50. The molecule has 1 aliphatic heterocycles. The maximum atomic E-state index is 13.7. The van der Waals surface area contributed by atoms with Gasteiger partial charge in [0.05, 0.1) is 25.8 Å². The van der Waals surface area contributed by atoms with Crippen molar-refractivity contribution in [2.75, 3.05) is 19.1 Å². The normalized spacial score (nSPS) is 18.8. The Morgan fingerprint density at radius 1 is 1.00 bits per heavy atom. The van der Waals surface area contributed by atoms with E-state index in [0.29, 0.717) is 63.7 Å². The molecule has 0 bridgehead atoms. The van der Waals surface area contributed by atoms with E-state index >= 15 is 0 Å². The Labute approximate surface area is 227 Å². The fourth-order valence-corrected chi connectivity index (χ4v) is 5.67. The quantitative estimate of drug-likeness (QED) is 0.341. The van der Waals surface area contributed by atoms with Crippen LogP contribution in [0.25, 0.3) is 5.76 Å². The molecule has 0 amide bonds. The number of aliphatic hydroxyl groups is 1. The van der Waals surface area contributed by atoms with Crippen molar-refractivity contribution in [2.24, 2.45) is 0 Å². The molecule has 0 saturated carbocycles. The van der Waals surface area contributed by atoms with E-state index in [1.807, 2.05) is 49.4 Å². The molecule has 1 aliphatic carbocycles. The van der Waals surface area contributed by atoms with E-state index in [1.54, 1.807) is 43.4 Å². The highest BCUT2D eigenvalue weighted by atomic mass is 35.5. The van der Waals surface area contributed by atoms with Gasteiger partial charge in [0.1, 0.15) is 11.6 Å². The molecule has 0 saturated heterocycles. The van der Waals surface area contributed by atoms with E-state index in [1.165, 1.54) is 0 Å². The summed E-state index contributed by atoms with van der Waals surface area (Å²) in [6.07, 6.45) is 1.67. The number of benzene rings is 3. The lowest BCUT2D eigenvalue weighted by molar-refractivity contribution is -0.116. The molecular weight excluding hydrogens is 500 g/mol. The van der Waals surface area contributed by atoms with Gasteiger partial charge in [-0.05, 0) is 43.5 Å². The number of methoxy groups -OCH3 is 2. The van der Waals surface area contributed by atoms with E-state index in [0.717, 1.165) is 11.3 Å². The molecule has 1 unspecified atom stereocenters. The van der Waals surface area contributed by atoms with Crippen LogP contribution in [0, 0.1) is 12.3 Å². The number of Topliss-reactive ketones (excluding diaryl/α,β-unsaturated/α-hetero) is 1. The van der Waals surface area contributed by atoms with Crippen LogP contribution in [0.15, 0.2) is 83.6 Å². The van der Waals surface area contributed by atoms with Crippen LogP contribution >= 0.6 is 11.6 Å². The molecule has 2 N–H and O–H groups in total. The number of ketones is 1.